The van der Waals surface area contributed by atoms with Gasteiger partial charge in [-0.15, -0.1) is 0 Å². The second-order valence-electron chi connectivity index (χ2n) is 4.42. The molecule has 1 heterocycles. The van der Waals surface area contributed by atoms with Crippen molar-refractivity contribution < 1.29 is 13.6 Å². The Morgan fingerprint density at radius 3 is 2.76 bits per heavy atom. The second-order valence-corrected chi connectivity index (χ2v) is 4.42. The van der Waals surface area contributed by atoms with Gasteiger partial charge in [-0.25, -0.2) is 19.6 Å². The average molecular weight is 292 g/mol. The summed E-state index contributed by atoms with van der Waals surface area (Å²) < 4.78 is 27.1. The topological polar surface area (TPSA) is 80.0 Å². The number of nitrogen functional groups attached to an aromatic ring is 1. The molecular weight excluding hydrogens is 278 g/mol. The van der Waals surface area contributed by atoms with E-state index in [9.17, 15) is 13.6 Å². The molecule has 1 aromatic carbocycles. The van der Waals surface area contributed by atoms with Crippen LogP contribution in [0.25, 0.3) is 0 Å². The Bertz CT molecular complexity index is 663. The van der Waals surface area contributed by atoms with Crippen LogP contribution in [-0.2, 0) is 0 Å². The van der Waals surface area contributed by atoms with E-state index in [1.807, 2.05) is 0 Å². The van der Waals surface area contributed by atoms with E-state index < -0.39 is 23.6 Å². The highest BCUT2D eigenvalue weighted by Crippen LogP contribution is 2.17. The first-order chi connectivity index (χ1) is 10.0. The molecule has 110 valence electrons. The first-order valence-corrected chi connectivity index (χ1v) is 6.20. The van der Waals surface area contributed by atoms with Crippen molar-refractivity contribution >= 4 is 11.7 Å². The molecule has 1 amide bonds. The fourth-order valence-corrected chi connectivity index (χ4v) is 1.85. The number of amides is 1. The predicted octanol–water partition coefficient (Wildman–Crippen LogP) is 2.14. The number of carbonyl (C=O) groups is 1. The van der Waals surface area contributed by atoms with Gasteiger partial charge in [-0.2, -0.15) is 0 Å². The maximum absolute atomic E-state index is 13.9. The Labute approximate surface area is 120 Å². The fraction of sp³-hybridized carbons (Fsp3) is 0.143. The third-order valence-electron chi connectivity index (χ3n) is 2.97. The first kappa shape index (κ1) is 14.9. The summed E-state index contributed by atoms with van der Waals surface area (Å²) in [5.41, 5.74) is 2.45. The van der Waals surface area contributed by atoms with Crippen LogP contribution in [0.15, 0.2) is 36.5 Å². The third kappa shape index (κ3) is 3.32. The maximum Gasteiger partial charge on any atom is 0.254 e. The van der Waals surface area contributed by atoms with Gasteiger partial charge in [0.2, 0.25) is 0 Å². The molecule has 1 atom stereocenters. The van der Waals surface area contributed by atoms with Crippen LogP contribution in [-0.4, -0.2) is 10.9 Å². The molecule has 0 aliphatic carbocycles. The molecule has 0 saturated carbocycles. The molecule has 0 saturated heterocycles. The maximum atomic E-state index is 13.9. The van der Waals surface area contributed by atoms with Gasteiger partial charge in [0, 0.05) is 6.20 Å². The standard InChI is InChI=1S/C14H14F2N4O/c1-8(9-3-2-4-10(15)7-9)19-14(21)11-5-6-18-13(20-17)12(11)16/h2-8H,17H2,1H3,(H,18,20)(H,19,21). The molecule has 0 spiro atoms. The van der Waals surface area contributed by atoms with Crippen LogP contribution in [0.5, 0.6) is 0 Å². The van der Waals surface area contributed by atoms with Crippen LogP contribution in [0, 0.1) is 11.6 Å². The summed E-state index contributed by atoms with van der Waals surface area (Å²) in [5.74, 6) is 3.00. The van der Waals surface area contributed by atoms with Crippen molar-refractivity contribution in [2.24, 2.45) is 5.84 Å². The molecule has 7 heteroatoms. The number of nitrogens with one attached hydrogen (secondary N) is 2. The minimum Gasteiger partial charge on any atom is -0.345 e. The van der Waals surface area contributed by atoms with Crippen LogP contribution in [0.4, 0.5) is 14.6 Å². The number of pyridine rings is 1. The van der Waals surface area contributed by atoms with Crippen molar-refractivity contribution in [1.82, 2.24) is 10.3 Å². The molecule has 0 bridgehead atoms. The number of nitrogens with two attached hydrogens (primary N) is 1. The van der Waals surface area contributed by atoms with Crippen LogP contribution in [0.3, 0.4) is 0 Å². The van der Waals surface area contributed by atoms with Crippen LogP contribution < -0.4 is 16.6 Å². The van der Waals surface area contributed by atoms with E-state index in [0.717, 1.165) is 0 Å². The monoisotopic (exact) mass is 292 g/mol. The Balaban J connectivity index is 2.18. The van der Waals surface area contributed by atoms with Gasteiger partial charge in [0.05, 0.1) is 11.6 Å². The molecule has 5 nitrogen and oxygen atoms in total. The summed E-state index contributed by atoms with van der Waals surface area (Å²) >= 11 is 0. The molecule has 2 aromatic rings. The van der Waals surface area contributed by atoms with Crippen LogP contribution >= 0.6 is 0 Å². The Hall–Kier alpha value is -2.54. The molecular formula is C14H14F2N4O. The van der Waals surface area contributed by atoms with E-state index >= 15 is 0 Å². The van der Waals surface area contributed by atoms with E-state index in [1.54, 1.807) is 13.0 Å². The van der Waals surface area contributed by atoms with Gasteiger partial charge in [0.15, 0.2) is 11.6 Å². The summed E-state index contributed by atoms with van der Waals surface area (Å²) in [6, 6.07) is 6.58. The van der Waals surface area contributed by atoms with Gasteiger partial charge in [-0.3, -0.25) is 4.79 Å². The zero-order valence-corrected chi connectivity index (χ0v) is 11.2. The average Bonchev–Trinajstić information content (AvgIpc) is 2.47. The zero-order chi connectivity index (χ0) is 15.4. The van der Waals surface area contributed by atoms with Gasteiger partial charge in [-0.1, -0.05) is 12.1 Å². The van der Waals surface area contributed by atoms with Gasteiger partial charge >= 0.3 is 0 Å². The highest BCUT2D eigenvalue weighted by molar-refractivity contribution is 5.95. The van der Waals surface area contributed by atoms with E-state index in [0.29, 0.717) is 5.56 Å². The quantitative estimate of drug-likeness (QED) is 0.596. The van der Waals surface area contributed by atoms with E-state index in [-0.39, 0.29) is 11.4 Å². The minimum absolute atomic E-state index is 0.193. The van der Waals surface area contributed by atoms with Gasteiger partial charge in [0.25, 0.3) is 5.91 Å². The van der Waals surface area contributed by atoms with E-state index in [1.165, 1.54) is 30.5 Å². The Morgan fingerprint density at radius 1 is 1.33 bits per heavy atom. The fourth-order valence-electron chi connectivity index (χ4n) is 1.85. The van der Waals surface area contributed by atoms with Crippen LogP contribution in [0.2, 0.25) is 0 Å². The number of halogens is 2. The largest absolute Gasteiger partial charge is 0.345 e. The molecule has 0 fully saturated rings. The van der Waals surface area contributed by atoms with Crippen molar-refractivity contribution in [3.8, 4) is 0 Å². The lowest BCUT2D eigenvalue weighted by atomic mass is 10.1. The molecule has 21 heavy (non-hydrogen) atoms. The van der Waals surface area contributed by atoms with Crippen molar-refractivity contribution in [3.63, 3.8) is 0 Å². The molecule has 0 aliphatic rings. The number of hydrogen-bond donors (Lipinski definition) is 3. The Morgan fingerprint density at radius 2 is 2.10 bits per heavy atom. The lowest BCUT2D eigenvalue weighted by Crippen LogP contribution is -2.28. The van der Waals surface area contributed by atoms with E-state index in [2.05, 4.69) is 15.7 Å². The number of hydrazine groups is 1. The van der Waals surface area contributed by atoms with Crippen molar-refractivity contribution in [3.05, 3.63) is 59.3 Å². The summed E-state index contributed by atoms with van der Waals surface area (Å²) in [6.45, 7) is 1.67. The van der Waals surface area contributed by atoms with Crippen molar-refractivity contribution in [1.29, 1.82) is 0 Å². The number of aromatic nitrogens is 1. The highest BCUT2D eigenvalue weighted by Gasteiger charge is 2.18. The van der Waals surface area contributed by atoms with Crippen molar-refractivity contribution in [2.75, 3.05) is 5.43 Å². The molecule has 2 rings (SSSR count). The number of hydrogen-bond acceptors (Lipinski definition) is 4. The third-order valence-corrected chi connectivity index (χ3v) is 2.97. The minimum atomic E-state index is -0.844. The lowest BCUT2D eigenvalue weighted by molar-refractivity contribution is 0.0935. The molecule has 1 aromatic heterocycles. The summed E-state index contributed by atoms with van der Waals surface area (Å²) in [7, 11) is 0. The summed E-state index contributed by atoms with van der Waals surface area (Å²) in [4.78, 5) is 15.7. The van der Waals surface area contributed by atoms with Crippen LogP contribution in [0.1, 0.15) is 28.9 Å². The lowest BCUT2D eigenvalue weighted by Gasteiger charge is -2.15. The molecule has 0 radical (unpaired) electrons. The predicted molar refractivity (Wildman–Crippen MR) is 74.3 cm³/mol. The normalized spacial score (nSPS) is 11.8. The SMILES string of the molecule is CC(NC(=O)c1ccnc(NN)c1F)c1cccc(F)c1. The summed E-state index contributed by atoms with van der Waals surface area (Å²) in [5, 5.41) is 2.59. The van der Waals surface area contributed by atoms with Gasteiger partial charge < -0.3 is 10.7 Å². The number of rotatable bonds is 4. The zero-order valence-electron chi connectivity index (χ0n) is 11.2. The Kier molecular flexibility index (Phi) is 4.44. The smallest absolute Gasteiger partial charge is 0.254 e. The molecule has 4 N–H and O–H groups in total. The molecule has 1 unspecified atom stereocenters. The summed E-state index contributed by atoms with van der Waals surface area (Å²) in [6.07, 6.45) is 1.26. The first-order valence-electron chi connectivity index (χ1n) is 6.20. The van der Waals surface area contributed by atoms with Gasteiger partial charge in [-0.05, 0) is 30.7 Å². The van der Waals surface area contributed by atoms with Gasteiger partial charge in [0.1, 0.15) is 5.82 Å². The number of benzene rings is 1. The highest BCUT2D eigenvalue weighted by atomic mass is 19.1. The van der Waals surface area contributed by atoms with E-state index in [4.69, 9.17) is 5.84 Å². The second kappa shape index (κ2) is 6.27. The van der Waals surface area contributed by atoms with Crippen molar-refractivity contribution in [2.45, 2.75) is 13.0 Å². The molecule has 0 aliphatic heterocycles. The number of carbonyl (C=O) groups excluding carboxylic acids is 1. The number of nitrogens with zero attached hydrogens (tertiary/aromatic N) is 1. The number of anilines is 1.